The Morgan fingerprint density at radius 2 is 2.33 bits per heavy atom. The second-order valence-electron chi connectivity index (χ2n) is 5.89. The Balaban J connectivity index is 1.64. The Kier molecular flexibility index (Phi) is 4.62. The number of aromatic nitrogens is 2. The Labute approximate surface area is 133 Å². The molecule has 0 unspecified atom stereocenters. The van der Waals surface area contributed by atoms with Crippen molar-refractivity contribution in [1.82, 2.24) is 14.9 Å². The first kappa shape index (κ1) is 15.0. The molecule has 2 N–H and O–H groups in total. The molecule has 1 aliphatic rings. The summed E-state index contributed by atoms with van der Waals surface area (Å²) in [4.78, 5) is 4.53. The van der Waals surface area contributed by atoms with E-state index in [0.717, 1.165) is 48.8 Å². The Morgan fingerprint density at radius 3 is 3.14 bits per heavy atom. The number of piperidine rings is 1. The van der Waals surface area contributed by atoms with Crippen molar-refractivity contribution in [3.05, 3.63) is 28.5 Å². The van der Waals surface area contributed by atoms with Crippen LogP contribution >= 0.6 is 15.9 Å². The molecule has 0 spiro atoms. The highest BCUT2D eigenvalue weighted by Gasteiger charge is 2.21. The lowest BCUT2D eigenvalue weighted by Crippen LogP contribution is -2.44. The van der Waals surface area contributed by atoms with Gasteiger partial charge in [-0.05, 0) is 56.8 Å². The maximum atomic E-state index is 9.98. The van der Waals surface area contributed by atoms with E-state index >= 15 is 0 Å². The second-order valence-corrected chi connectivity index (χ2v) is 6.74. The first-order valence-electron chi connectivity index (χ1n) is 7.68. The van der Waals surface area contributed by atoms with E-state index in [0.29, 0.717) is 0 Å². The molecule has 5 heteroatoms. The minimum Gasteiger partial charge on any atom is -0.392 e. The molecule has 0 saturated carbocycles. The molecule has 4 nitrogen and oxygen atoms in total. The molecule has 114 valence electrons. The van der Waals surface area contributed by atoms with Crippen LogP contribution in [0.15, 0.2) is 22.9 Å². The molecule has 3 rings (SSSR count). The molecule has 1 aromatic heterocycles. The molecule has 1 fully saturated rings. The van der Waals surface area contributed by atoms with Crippen LogP contribution in [-0.2, 0) is 6.54 Å². The van der Waals surface area contributed by atoms with Crippen LogP contribution in [-0.4, -0.2) is 33.3 Å². The molecule has 1 aromatic carbocycles. The molecule has 2 heterocycles. The van der Waals surface area contributed by atoms with E-state index in [4.69, 9.17) is 0 Å². The van der Waals surface area contributed by atoms with Crippen molar-refractivity contribution in [1.29, 1.82) is 0 Å². The maximum absolute atomic E-state index is 9.98. The van der Waals surface area contributed by atoms with E-state index < -0.39 is 0 Å². The number of hydrogen-bond acceptors (Lipinski definition) is 3. The van der Waals surface area contributed by atoms with Crippen molar-refractivity contribution >= 4 is 27.0 Å². The van der Waals surface area contributed by atoms with Gasteiger partial charge in [0.2, 0.25) is 0 Å². The van der Waals surface area contributed by atoms with Gasteiger partial charge < -0.3 is 15.0 Å². The zero-order valence-corrected chi connectivity index (χ0v) is 13.9. The monoisotopic (exact) mass is 351 g/mol. The van der Waals surface area contributed by atoms with Gasteiger partial charge in [0.1, 0.15) is 0 Å². The van der Waals surface area contributed by atoms with Gasteiger partial charge in [0.15, 0.2) is 0 Å². The van der Waals surface area contributed by atoms with Crippen LogP contribution < -0.4 is 5.32 Å². The summed E-state index contributed by atoms with van der Waals surface area (Å²) < 4.78 is 3.32. The molecule has 0 radical (unpaired) electrons. The molecule has 0 amide bonds. The first-order chi connectivity index (χ1) is 10.2. The third-order valence-electron chi connectivity index (χ3n) is 4.44. The molecule has 1 aliphatic heterocycles. The molecule has 21 heavy (non-hydrogen) atoms. The normalized spacial score (nSPS) is 22.8. The van der Waals surface area contributed by atoms with Crippen molar-refractivity contribution in [2.45, 2.75) is 51.3 Å². The van der Waals surface area contributed by atoms with Crippen LogP contribution in [0.25, 0.3) is 11.0 Å². The summed E-state index contributed by atoms with van der Waals surface area (Å²) in [6.07, 6.45) is 5.81. The van der Waals surface area contributed by atoms with Gasteiger partial charge in [-0.3, -0.25) is 0 Å². The molecular weight excluding hydrogens is 330 g/mol. The van der Waals surface area contributed by atoms with Crippen LogP contribution in [0.3, 0.4) is 0 Å². The molecular formula is C16H22BrN3O. The zero-order chi connectivity index (χ0) is 14.8. The highest BCUT2D eigenvalue weighted by atomic mass is 79.9. The lowest BCUT2D eigenvalue weighted by Gasteiger charge is -2.29. The van der Waals surface area contributed by atoms with Gasteiger partial charge in [-0.25, -0.2) is 4.98 Å². The fourth-order valence-electron chi connectivity index (χ4n) is 3.14. The summed E-state index contributed by atoms with van der Waals surface area (Å²) in [6, 6.07) is 4.46. The highest BCUT2D eigenvalue weighted by Crippen LogP contribution is 2.25. The predicted octanol–water partition coefficient (Wildman–Crippen LogP) is 3.00. The molecule has 2 aromatic rings. The van der Waals surface area contributed by atoms with E-state index in [-0.39, 0.29) is 12.1 Å². The Morgan fingerprint density at radius 1 is 1.48 bits per heavy atom. The number of hydrogen-bond donors (Lipinski definition) is 2. The standard InChI is InChI=1S/C16H22BrN3O/c1-11-12(17)6-7-14-16(11)19-10-20(14)9-3-4-13-15(21)5-2-8-18-13/h6-7,10,13,15,18,21H,2-5,8-9H2,1H3/t13-,15+/m1/s1. The summed E-state index contributed by atoms with van der Waals surface area (Å²) in [5.74, 6) is 0. The summed E-state index contributed by atoms with van der Waals surface area (Å²) in [6.45, 7) is 4.07. The van der Waals surface area contributed by atoms with Crippen LogP contribution in [0.2, 0.25) is 0 Å². The topological polar surface area (TPSA) is 50.1 Å². The quantitative estimate of drug-likeness (QED) is 0.890. The van der Waals surface area contributed by atoms with Crippen LogP contribution in [0.1, 0.15) is 31.2 Å². The SMILES string of the molecule is Cc1c(Br)ccc2c1ncn2CCC[C@H]1NCCC[C@@H]1O. The molecule has 1 saturated heterocycles. The van der Waals surface area contributed by atoms with Gasteiger partial charge in [0.05, 0.1) is 23.5 Å². The highest BCUT2D eigenvalue weighted by molar-refractivity contribution is 9.10. The van der Waals surface area contributed by atoms with E-state index in [9.17, 15) is 5.11 Å². The van der Waals surface area contributed by atoms with Crippen molar-refractivity contribution in [3.8, 4) is 0 Å². The van der Waals surface area contributed by atoms with E-state index in [1.54, 1.807) is 0 Å². The van der Waals surface area contributed by atoms with E-state index in [1.165, 1.54) is 11.1 Å². The zero-order valence-electron chi connectivity index (χ0n) is 12.3. The second kappa shape index (κ2) is 6.46. The van der Waals surface area contributed by atoms with Crippen LogP contribution in [0.5, 0.6) is 0 Å². The fourth-order valence-corrected chi connectivity index (χ4v) is 3.46. The number of imidazole rings is 1. The van der Waals surface area contributed by atoms with Crippen molar-refractivity contribution in [2.75, 3.05) is 6.54 Å². The Bertz CT molecular complexity index is 625. The number of fused-ring (bicyclic) bond motifs is 1. The average molecular weight is 352 g/mol. The summed E-state index contributed by atoms with van der Waals surface area (Å²) >= 11 is 3.55. The van der Waals surface area contributed by atoms with Crippen molar-refractivity contribution < 1.29 is 5.11 Å². The number of rotatable bonds is 4. The number of halogens is 1. The number of aliphatic hydroxyl groups excluding tert-OH is 1. The number of benzene rings is 1. The minimum atomic E-state index is -0.184. The third kappa shape index (κ3) is 3.15. The summed E-state index contributed by atoms with van der Waals surface area (Å²) in [7, 11) is 0. The third-order valence-corrected chi connectivity index (χ3v) is 5.30. The van der Waals surface area contributed by atoms with Crippen LogP contribution in [0, 0.1) is 6.92 Å². The summed E-state index contributed by atoms with van der Waals surface area (Å²) in [5.41, 5.74) is 3.45. The van der Waals surface area contributed by atoms with Gasteiger partial charge >= 0.3 is 0 Å². The molecule has 0 bridgehead atoms. The van der Waals surface area contributed by atoms with Gasteiger partial charge in [-0.15, -0.1) is 0 Å². The van der Waals surface area contributed by atoms with Crippen molar-refractivity contribution in [2.24, 2.45) is 0 Å². The fraction of sp³-hybridized carbons (Fsp3) is 0.562. The summed E-state index contributed by atoms with van der Waals surface area (Å²) in [5, 5.41) is 13.4. The Hall–Kier alpha value is -0.910. The number of aliphatic hydroxyl groups is 1. The lowest BCUT2D eigenvalue weighted by molar-refractivity contribution is 0.0909. The average Bonchev–Trinajstić information content (AvgIpc) is 2.89. The maximum Gasteiger partial charge on any atom is 0.0958 e. The largest absolute Gasteiger partial charge is 0.392 e. The van der Waals surface area contributed by atoms with Crippen LogP contribution in [0.4, 0.5) is 0 Å². The molecule has 0 aliphatic carbocycles. The van der Waals surface area contributed by atoms with Gasteiger partial charge in [-0.2, -0.15) is 0 Å². The van der Waals surface area contributed by atoms with Gasteiger partial charge in [0, 0.05) is 17.1 Å². The van der Waals surface area contributed by atoms with Crippen molar-refractivity contribution in [3.63, 3.8) is 0 Å². The first-order valence-corrected chi connectivity index (χ1v) is 8.47. The molecule has 2 atom stereocenters. The number of aryl methyl sites for hydroxylation is 2. The van der Waals surface area contributed by atoms with E-state index in [1.807, 2.05) is 6.33 Å². The van der Waals surface area contributed by atoms with Gasteiger partial charge in [-0.1, -0.05) is 15.9 Å². The smallest absolute Gasteiger partial charge is 0.0958 e. The predicted molar refractivity (Wildman–Crippen MR) is 88.4 cm³/mol. The number of nitrogens with zero attached hydrogens (tertiary/aromatic N) is 2. The van der Waals surface area contributed by atoms with Gasteiger partial charge in [0.25, 0.3) is 0 Å². The van der Waals surface area contributed by atoms with E-state index in [2.05, 4.69) is 49.9 Å². The number of nitrogens with one attached hydrogen (secondary N) is 1. The minimum absolute atomic E-state index is 0.184. The lowest BCUT2D eigenvalue weighted by atomic mass is 9.97.